The molecular formula is C23H22N4O4S2. The number of nitrogens with zero attached hydrogens (tertiary/aromatic N) is 3. The van der Waals surface area contributed by atoms with Gasteiger partial charge in [0.25, 0.3) is 0 Å². The van der Waals surface area contributed by atoms with E-state index >= 15 is 0 Å². The zero-order chi connectivity index (χ0) is 23.2. The minimum absolute atomic E-state index is 0.0251. The summed E-state index contributed by atoms with van der Waals surface area (Å²) >= 11 is 1.57. The van der Waals surface area contributed by atoms with E-state index < -0.39 is 21.9 Å². The maximum Gasteiger partial charge on any atom is 0.307 e. The first-order valence-electron chi connectivity index (χ1n) is 10.6. The number of carboxylic acids is 1. The van der Waals surface area contributed by atoms with Crippen LogP contribution in [-0.2, 0) is 14.8 Å². The van der Waals surface area contributed by atoms with E-state index in [0.717, 1.165) is 21.6 Å². The van der Waals surface area contributed by atoms with Crippen molar-refractivity contribution in [1.29, 1.82) is 0 Å². The lowest BCUT2D eigenvalue weighted by Crippen LogP contribution is -2.47. The summed E-state index contributed by atoms with van der Waals surface area (Å²) in [7, 11) is -3.87. The van der Waals surface area contributed by atoms with Crippen LogP contribution < -0.4 is 5.32 Å². The van der Waals surface area contributed by atoms with Crippen molar-refractivity contribution in [2.45, 2.75) is 30.7 Å². The van der Waals surface area contributed by atoms with Crippen LogP contribution in [0.5, 0.6) is 0 Å². The Hall–Kier alpha value is -3.08. The first-order valence-corrected chi connectivity index (χ1v) is 12.9. The number of benzene rings is 2. The van der Waals surface area contributed by atoms with Gasteiger partial charge in [0, 0.05) is 35.5 Å². The summed E-state index contributed by atoms with van der Waals surface area (Å²) in [6.45, 7) is 1.79. The third kappa shape index (κ3) is 4.05. The molecule has 1 aliphatic rings. The van der Waals surface area contributed by atoms with Gasteiger partial charge in [-0.05, 0) is 62.2 Å². The largest absolute Gasteiger partial charge is 0.481 e. The molecule has 33 heavy (non-hydrogen) atoms. The van der Waals surface area contributed by atoms with E-state index in [-0.39, 0.29) is 17.5 Å². The van der Waals surface area contributed by atoms with Crippen LogP contribution in [0.15, 0.2) is 59.1 Å². The van der Waals surface area contributed by atoms with Crippen molar-refractivity contribution in [3.8, 4) is 0 Å². The molecule has 1 fully saturated rings. The Kier molecular flexibility index (Phi) is 5.51. The van der Waals surface area contributed by atoms with E-state index in [0.29, 0.717) is 23.7 Å². The van der Waals surface area contributed by atoms with Crippen molar-refractivity contribution in [2.24, 2.45) is 5.92 Å². The van der Waals surface area contributed by atoms with Crippen molar-refractivity contribution < 1.29 is 18.3 Å². The third-order valence-corrected chi connectivity index (χ3v) is 8.89. The van der Waals surface area contributed by atoms with E-state index in [9.17, 15) is 18.3 Å². The molecule has 1 aliphatic heterocycles. The number of sulfonamides is 1. The second-order valence-electron chi connectivity index (χ2n) is 8.23. The predicted octanol–water partition coefficient (Wildman–Crippen LogP) is 4.46. The van der Waals surface area contributed by atoms with Crippen LogP contribution in [-0.4, -0.2) is 46.4 Å². The van der Waals surface area contributed by atoms with Gasteiger partial charge in [-0.25, -0.2) is 13.4 Å². The van der Waals surface area contributed by atoms with Crippen LogP contribution in [0.25, 0.3) is 21.1 Å². The normalized spacial score (nSPS) is 19.7. The fourth-order valence-electron chi connectivity index (χ4n) is 4.23. The van der Waals surface area contributed by atoms with E-state index in [2.05, 4.69) is 15.3 Å². The number of fused-ring (bicyclic) bond motifs is 2. The number of nitrogens with one attached hydrogen (secondary N) is 1. The molecule has 4 aromatic rings. The number of carboxylic acid groups (broad SMARTS) is 1. The van der Waals surface area contributed by atoms with Gasteiger partial charge in [-0.2, -0.15) is 4.31 Å². The number of aliphatic carboxylic acids is 1. The Balaban J connectivity index is 1.52. The summed E-state index contributed by atoms with van der Waals surface area (Å²) in [4.78, 5) is 20.3. The van der Waals surface area contributed by atoms with Gasteiger partial charge in [0.2, 0.25) is 10.0 Å². The van der Waals surface area contributed by atoms with Gasteiger partial charge >= 0.3 is 5.97 Å². The van der Waals surface area contributed by atoms with Crippen LogP contribution in [0, 0.1) is 5.92 Å². The quantitative estimate of drug-likeness (QED) is 0.432. The Labute approximate surface area is 195 Å². The summed E-state index contributed by atoms with van der Waals surface area (Å²) in [6.07, 6.45) is 2.66. The Morgan fingerprint density at radius 1 is 1.12 bits per heavy atom. The zero-order valence-corrected chi connectivity index (χ0v) is 19.4. The monoisotopic (exact) mass is 482 g/mol. The molecule has 170 valence electrons. The van der Waals surface area contributed by atoms with Crippen LogP contribution in [0.1, 0.15) is 19.8 Å². The minimum atomic E-state index is -3.87. The average Bonchev–Trinajstić information content (AvgIpc) is 3.27. The van der Waals surface area contributed by atoms with Crippen LogP contribution in [0.3, 0.4) is 0 Å². The number of thiazole rings is 1. The maximum atomic E-state index is 13.5. The van der Waals surface area contributed by atoms with E-state index in [1.807, 2.05) is 25.1 Å². The highest BCUT2D eigenvalue weighted by Gasteiger charge is 2.37. The molecule has 5 rings (SSSR count). The standard InChI is InChI=1S/C23H22N4O4S2/c1-14-2-3-15(23(28)29)12-27(14)33(30,31)17-5-6-19-18(11-17)20(8-9-24-19)26-16-4-7-22-21(10-16)25-13-32-22/h4-11,13-15H,2-3,12H2,1H3,(H,24,26)(H,28,29)/t14-,15+/m1/s1. The Morgan fingerprint density at radius 2 is 1.97 bits per heavy atom. The van der Waals surface area contributed by atoms with Gasteiger partial charge in [0.15, 0.2) is 0 Å². The minimum Gasteiger partial charge on any atom is -0.481 e. The van der Waals surface area contributed by atoms with Crippen LogP contribution in [0.4, 0.5) is 11.4 Å². The lowest BCUT2D eigenvalue weighted by Gasteiger charge is -2.35. The number of rotatable bonds is 5. The van der Waals surface area contributed by atoms with Crippen molar-refractivity contribution in [1.82, 2.24) is 14.3 Å². The first-order chi connectivity index (χ1) is 15.8. The first kappa shape index (κ1) is 21.7. The molecule has 2 aromatic carbocycles. The van der Waals surface area contributed by atoms with Crippen LogP contribution in [0.2, 0.25) is 0 Å². The van der Waals surface area contributed by atoms with Crippen molar-refractivity contribution in [3.63, 3.8) is 0 Å². The molecule has 1 saturated heterocycles. The Bertz CT molecular complexity index is 1470. The SMILES string of the molecule is C[C@@H]1CC[C@H](C(=O)O)CN1S(=O)(=O)c1ccc2nccc(Nc3ccc4scnc4c3)c2c1. The molecule has 0 aliphatic carbocycles. The molecule has 0 saturated carbocycles. The molecule has 2 atom stereocenters. The third-order valence-electron chi connectivity index (χ3n) is 6.10. The number of carbonyl (C=O) groups is 1. The zero-order valence-electron chi connectivity index (χ0n) is 17.8. The number of hydrogen-bond donors (Lipinski definition) is 2. The van der Waals surface area contributed by atoms with Gasteiger partial charge in [0.05, 0.1) is 32.1 Å². The van der Waals surface area contributed by atoms with Gasteiger partial charge in [-0.1, -0.05) is 0 Å². The fraction of sp³-hybridized carbons (Fsp3) is 0.261. The number of anilines is 2. The lowest BCUT2D eigenvalue weighted by molar-refractivity contribution is -0.143. The highest BCUT2D eigenvalue weighted by molar-refractivity contribution is 7.89. The highest BCUT2D eigenvalue weighted by atomic mass is 32.2. The molecule has 0 spiro atoms. The van der Waals surface area contributed by atoms with Crippen molar-refractivity contribution >= 4 is 59.8 Å². The predicted molar refractivity (Wildman–Crippen MR) is 128 cm³/mol. The number of piperidine rings is 1. The van der Waals surface area contributed by atoms with Gasteiger partial charge in [0.1, 0.15) is 0 Å². The molecule has 2 aromatic heterocycles. The van der Waals surface area contributed by atoms with Gasteiger partial charge in [-0.15, -0.1) is 11.3 Å². The molecule has 0 radical (unpaired) electrons. The smallest absolute Gasteiger partial charge is 0.307 e. The molecular weight excluding hydrogens is 460 g/mol. The second kappa shape index (κ2) is 8.36. The van der Waals surface area contributed by atoms with Gasteiger partial charge in [-0.3, -0.25) is 9.78 Å². The Morgan fingerprint density at radius 3 is 2.79 bits per heavy atom. The van der Waals surface area contributed by atoms with E-state index in [1.54, 1.807) is 41.2 Å². The fourth-order valence-corrected chi connectivity index (χ4v) is 6.62. The van der Waals surface area contributed by atoms with E-state index in [4.69, 9.17) is 0 Å². The molecule has 3 heterocycles. The summed E-state index contributed by atoms with van der Waals surface area (Å²) in [5, 5.41) is 13.4. The molecule has 2 N–H and O–H groups in total. The summed E-state index contributed by atoms with van der Waals surface area (Å²) in [5.74, 6) is -1.66. The summed E-state index contributed by atoms with van der Waals surface area (Å²) in [6, 6.07) is 12.2. The molecule has 0 bridgehead atoms. The maximum absolute atomic E-state index is 13.5. The number of pyridine rings is 1. The molecule has 0 unspecified atom stereocenters. The topological polar surface area (TPSA) is 112 Å². The average molecular weight is 483 g/mol. The van der Waals surface area contributed by atoms with Crippen molar-refractivity contribution in [3.05, 3.63) is 54.2 Å². The molecule has 8 nitrogen and oxygen atoms in total. The number of hydrogen-bond acceptors (Lipinski definition) is 7. The second-order valence-corrected chi connectivity index (χ2v) is 11.0. The lowest BCUT2D eigenvalue weighted by atomic mass is 9.96. The highest BCUT2D eigenvalue weighted by Crippen LogP contribution is 2.32. The van der Waals surface area contributed by atoms with Crippen molar-refractivity contribution in [2.75, 3.05) is 11.9 Å². The number of aromatic nitrogens is 2. The molecule has 0 amide bonds. The summed E-state index contributed by atoms with van der Waals surface area (Å²) in [5.41, 5.74) is 4.90. The van der Waals surface area contributed by atoms with Crippen LogP contribution >= 0.6 is 11.3 Å². The van der Waals surface area contributed by atoms with Gasteiger partial charge < -0.3 is 10.4 Å². The van der Waals surface area contributed by atoms with E-state index in [1.165, 1.54) is 10.4 Å². The molecule has 10 heteroatoms. The summed E-state index contributed by atoms with van der Waals surface area (Å²) < 4.78 is 29.4.